The Morgan fingerprint density at radius 3 is 2.50 bits per heavy atom. The molecule has 0 atom stereocenters. The third-order valence-electron chi connectivity index (χ3n) is 3.94. The van der Waals surface area contributed by atoms with Crippen LogP contribution in [0.4, 0.5) is 4.39 Å². The van der Waals surface area contributed by atoms with E-state index in [-0.39, 0.29) is 17.4 Å². The molecule has 0 amide bonds. The van der Waals surface area contributed by atoms with Crippen LogP contribution < -0.4 is 4.74 Å². The highest BCUT2D eigenvalue weighted by Gasteiger charge is 2.52. The molecule has 3 nitrogen and oxygen atoms in total. The van der Waals surface area contributed by atoms with Crippen LogP contribution in [0.5, 0.6) is 5.75 Å². The van der Waals surface area contributed by atoms with Gasteiger partial charge in [-0.1, -0.05) is 41.9 Å². The predicted octanol–water partition coefficient (Wildman–Crippen LogP) is 4.17. The number of aliphatic carboxylic acids is 1. The smallest absolute Gasteiger partial charge is 0.314 e. The van der Waals surface area contributed by atoms with Gasteiger partial charge >= 0.3 is 5.97 Å². The molecule has 0 unspecified atom stereocenters. The van der Waals surface area contributed by atoms with Crippen LogP contribution in [0.2, 0.25) is 5.02 Å². The first-order valence-corrected chi connectivity index (χ1v) is 7.30. The number of carboxylic acids is 1. The van der Waals surface area contributed by atoms with Gasteiger partial charge in [-0.15, -0.1) is 0 Å². The van der Waals surface area contributed by atoms with E-state index in [4.69, 9.17) is 16.3 Å². The zero-order valence-corrected chi connectivity index (χ0v) is 12.4. The van der Waals surface area contributed by atoms with Gasteiger partial charge in [-0.25, -0.2) is 4.39 Å². The fraction of sp³-hybridized carbons (Fsp3) is 0.235. The normalized spacial score (nSPS) is 15.4. The van der Waals surface area contributed by atoms with Crippen LogP contribution in [-0.4, -0.2) is 11.1 Å². The lowest BCUT2D eigenvalue weighted by atomic mass is 9.96. The summed E-state index contributed by atoms with van der Waals surface area (Å²) >= 11 is 6.08. The Morgan fingerprint density at radius 2 is 1.95 bits per heavy atom. The van der Waals surface area contributed by atoms with E-state index in [0.29, 0.717) is 18.4 Å². The summed E-state index contributed by atoms with van der Waals surface area (Å²) in [6, 6.07) is 12.0. The quantitative estimate of drug-likeness (QED) is 0.899. The highest BCUT2D eigenvalue weighted by molar-refractivity contribution is 6.32. The largest absolute Gasteiger partial charge is 0.484 e. The molecular formula is C17H14ClFO3. The zero-order valence-electron chi connectivity index (χ0n) is 11.7. The van der Waals surface area contributed by atoms with Crippen molar-refractivity contribution in [3.8, 4) is 5.75 Å². The van der Waals surface area contributed by atoms with Crippen LogP contribution in [0, 0.1) is 5.82 Å². The van der Waals surface area contributed by atoms with Gasteiger partial charge in [-0.2, -0.15) is 0 Å². The highest BCUT2D eigenvalue weighted by atomic mass is 35.5. The van der Waals surface area contributed by atoms with E-state index in [1.165, 1.54) is 12.1 Å². The minimum absolute atomic E-state index is 0.0459. The maximum atomic E-state index is 14.2. The molecule has 0 aromatic heterocycles. The Hall–Kier alpha value is -2.07. The van der Waals surface area contributed by atoms with Gasteiger partial charge in [0.2, 0.25) is 0 Å². The molecule has 0 aliphatic heterocycles. The topological polar surface area (TPSA) is 46.5 Å². The summed E-state index contributed by atoms with van der Waals surface area (Å²) in [6.07, 6.45) is 1.00. The summed E-state index contributed by atoms with van der Waals surface area (Å²) in [5.41, 5.74) is 0.309. The fourth-order valence-corrected chi connectivity index (χ4v) is 2.72. The average molecular weight is 321 g/mol. The molecule has 0 spiro atoms. The number of carbonyl (C=O) groups is 1. The summed E-state index contributed by atoms with van der Waals surface area (Å²) in [4.78, 5) is 11.3. The fourth-order valence-electron chi connectivity index (χ4n) is 2.45. The monoisotopic (exact) mass is 320 g/mol. The summed E-state index contributed by atoms with van der Waals surface area (Å²) < 4.78 is 19.7. The molecular weight excluding hydrogens is 307 g/mol. The first-order chi connectivity index (χ1) is 10.5. The minimum atomic E-state index is -0.984. The van der Waals surface area contributed by atoms with Crippen molar-refractivity contribution >= 4 is 17.6 Å². The van der Waals surface area contributed by atoms with E-state index < -0.39 is 17.2 Å². The number of carboxylic acid groups (broad SMARTS) is 1. The zero-order chi connectivity index (χ0) is 15.7. The lowest BCUT2D eigenvalue weighted by Gasteiger charge is -2.14. The summed E-state index contributed by atoms with van der Waals surface area (Å²) in [5.74, 6) is -1.62. The van der Waals surface area contributed by atoms with Crippen LogP contribution >= 0.6 is 11.6 Å². The van der Waals surface area contributed by atoms with Crippen LogP contribution in [-0.2, 0) is 16.8 Å². The van der Waals surface area contributed by atoms with Gasteiger partial charge in [0.05, 0.1) is 10.4 Å². The number of ether oxygens (including phenoxy) is 1. The molecule has 22 heavy (non-hydrogen) atoms. The average Bonchev–Trinajstić information content (AvgIpc) is 3.29. The highest BCUT2D eigenvalue weighted by Crippen LogP contribution is 2.50. The van der Waals surface area contributed by atoms with Crippen molar-refractivity contribution < 1.29 is 19.0 Å². The molecule has 5 heteroatoms. The van der Waals surface area contributed by atoms with Crippen LogP contribution in [0.25, 0.3) is 0 Å². The Bertz CT molecular complexity index is 688. The van der Waals surface area contributed by atoms with Gasteiger partial charge < -0.3 is 9.84 Å². The molecule has 1 saturated carbocycles. The van der Waals surface area contributed by atoms with E-state index in [9.17, 15) is 14.3 Å². The number of benzene rings is 2. The first kappa shape index (κ1) is 14.9. The van der Waals surface area contributed by atoms with Gasteiger partial charge in [-0.3, -0.25) is 4.79 Å². The van der Waals surface area contributed by atoms with Crippen molar-refractivity contribution in [1.82, 2.24) is 0 Å². The molecule has 2 aromatic rings. The number of hydrogen-bond donors (Lipinski definition) is 1. The van der Waals surface area contributed by atoms with Crippen LogP contribution in [0.15, 0.2) is 42.5 Å². The Kier molecular flexibility index (Phi) is 3.79. The summed E-state index contributed by atoms with van der Waals surface area (Å²) in [5, 5.41) is 9.36. The maximum absolute atomic E-state index is 14.2. The minimum Gasteiger partial charge on any atom is -0.484 e. The third kappa shape index (κ3) is 2.66. The third-order valence-corrected chi connectivity index (χ3v) is 4.22. The number of hydrogen-bond acceptors (Lipinski definition) is 2. The molecule has 0 radical (unpaired) electrons. The molecule has 0 heterocycles. The molecule has 1 aliphatic rings. The van der Waals surface area contributed by atoms with Gasteiger partial charge in [0.25, 0.3) is 0 Å². The Morgan fingerprint density at radius 1 is 1.27 bits per heavy atom. The molecule has 0 saturated heterocycles. The SMILES string of the molecule is O=C(O)C1(c2cc(F)c(OCc3ccccc3)c(Cl)c2)CC1. The number of halogens is 2. The molecule has 114 valence electrons. The van der Waals surface area contributed by atoms with Gasteiger partial charge in [-0.05, 0) is 36.1 Å². The van der Waals surface area contributed by atoms with E-state index in [0.717, 1.165) is 5.56 Å². The standard InChI is InChI=1S/C17H14ClFO3/c18-13-8-12(17(6-7-17)16(20)21)9-14(19)15(13)22-10-11-4-2-1-3-5-11/h1-5,8-9H,6-7,10H2,(H,20,21). The lowest BCUT2D eigenvalue weighted by molar-refractivity contribution is -0.140. The first-order valence-electron chi connectivity index (χ1n) is 6.92. The van der Waals surface area contributed by atoms with Gasteiger partial charge in [0.1, 0.15) is 6.61 Å². The van der Waals surface area contributed by atoms with Gasteiger partial charge in [0, 0.05) is 0 Å². The van der Waals surface area contributed by atoms with Crippen molar-refractivity contribution in [3.05, 3.63) is 64.4 Å². The van der Waals surface area contributed by atoms with Crippen molar-refractivity contribution in [1.29, 1.82) is 0 Å². The van der Waals surface area contributed by atoms with E-state index in [1.807, 2.05) is 30.3 Å². The van der Waals surface area contributed by atoms with Crippen molar-refractivity contribution in [2.45, 2.75) is 24.9 Å². The summed E-state index contributed by atoms with van der Waals surface area (Å²) in [7, 11) is 0. The van der Waals surface area contributed by atoms with E-state index >= 15 is 0 Å². The van der Waals surface area contributed by atoms with Crippen molar-refractivity contribution in [3.63, 3.8) is 0 Å². The Balaban J connectivity index is 1.83. The van der Waals surface area contributed by atoms with Gasteiger partial charge in [0.15, 0.2) is 11.6 Å². The second-order valence-electron chi connectivity index (χ2n) is 5.43. The molecule has 1 fully saturated rings. The molecule has 3 rings (SSSR count). The lowest BCUT2D eigenvalue weighted by Crippen LogP contribution is -2.19. The molecule has 2 aromatic carbocycles. The molecule has 1 N–H and O–H groups in total. The van der Waals surface area contributed by atoms with Crippen LogP contribution in [0.1, 0.15) is 24.0 Å². The second-order valence-corrected chi connectivity index (χ2v) is 5.84. The predicted molar refractivity (Wildman–Crippen MR) is 80.7 cm³/mol. The maximum Gasteiger partial charge on any atom is 0.314 e. The van der Waals surface area contributed by atoms with Crippen LogP contribution in [0.3, 0.4) is 0 Å². The molecule has 1 aliphatic carbocycles. The van der Waals surface area contributed by atoms with E-state index in [1.54, 1.807) is 0 Å². The second kappa shape index (κ2) is 5.61. The van der Waals surface area contributed by atoms with Crippen molar-refractivity contribution in [2.75, 3.05) is 0 Å². The summed E-state index contributed by atoms with van der Waals surface area (Å²) in [6.45, 7) is 0.195. The molecule has 0 bridgehead atoms. The Labute approximate surface area is 132 Å². The number of rotatable bonds is 5. The van der Waals surface area contributed by atoms with E-state index in [2.05, 4.69) is 0 Å². The van der Waals surface area contributed by atoms with Crippen molar-refractivity contribution in [2.24, 2.45) is 0 Å².